The molecule has 6 heteroatoms. The summed E-state index contributed by atoms with van der Waals surface area (Å²) in [6, 6.07) is 0. The van der Waals surface area contributed by atoms with Crippen LogP contribution in [0.2, 0.25) is 0 Å². The molecule has 0 amide bonds. The number of hydrogen-bond donors (Lipinski definition) is 1. The number of nitrogens with zero attached hydrogens (tertiary/aromatic N) is 2. The van der Waals surface area contributed by atoms with Gasteiger partial charge in [0.15, 0.2) is 0 Å². The summed E-state index contributed by atoms with van der Waals surface area (Å²) in [5.41, 5.74) is 0.732. The molecule has 76 valence electrons. The number of nitrogens with one attached hydrogen (secondary N) is 1. The maximum absolute atomic E-state index is 10.6. The molecule has 1 aromatic heterocycles. The summed E-state index contributed by atoms with van der Waals surface area (Å²) in [5.74, 6) is 0.187. The minimum Gasteiger partial charge on any atom is -0.381 e. The van der Waals surface area contributed by atoms with Crippen LogP contribution in [0.3, 0.4) is 0 Å². The summed E-state index contributed by atoms with van der Waals surface area (Å²) in [7, 11) is 0. The molecule has 0 radical (unpaired) electrons. The van der Waals surface area contributed by atoms with Crippen LogP contribution in [0.4, 0.5) is 5.69 Å². The van der Waals surface area contributed by atoms with Crippen LogP contribution in [0.1, 0.15) is 24.5 Å². The first kappa shape index (κ1) is 9.14. The maximum Gasteiger partial charge on any atom is 0.310 e. The molecular weight excluding hydrogens is 186 g/mol. The van der Waals surface area contributed by atoms with Crippen molar-refractivity contribution >= 4 is 5.69 Å². The second-order valence-electron chi connectivity index (χ2n) is 3.31. The average Bonchev–Trinajstić information content (AvgIpc) is 2.67. The van der Waals surface area contributed by atoms with E-state index in [4.69, 9.17) is 4.74 Å². The zero-order valence-corrected chi connectivity index (χ0v) is 7.60. The van der Waals surface area contributed by atoms with Gasteiger partial charge in [-0.25, -0.2) is 0 Å². The number of aromatic amines is 1. The Hall–Kier alpha value is -1.43. The standard InChI is InChI=1S/C8H11N3O3/c12-11(13)7-5-9-10-8(7)6-1-3-14-4-2-6/h5-6H,1-4H2,(H,9,10). The Morgan fingerprint density at radius 1 is 1.57 bits per heavy atom. The fourth-order valence-electron chi connectivity index (χ4n) is 1.72. The Kier molecular flexibility index (Phi) is 2.45. The van der Waals surface area contributed by atoms with Gasteiger partial charge in [0.25, 0.3) is 0 Å². The first-order valence-corrected chi connectivity index (χ1v) is 4.54. The van der Waals surface area contributed by atoms with Crippen molar-refractivity contribution in [3.63, 3.8) is 0 Å². The van der Waals surface area contributed by atoms with Crippen LogP contribution < -0.4 is 0 Å². The summed E-state index contributed by atoms with van der Waals surface area (Å²) in [4.78, 5) is 10.2. The van der Waals surface area contributed by atoms with Crippen molar-refractivity contribution in [2.75, 3.05) is 13.2 Å². The number of nitro groups is 1. The van der Waals surface area contributed by atoms with Gasteiger partial charge in [-0.3, -0.25) is 15.2 Å². The van der Waals surface area contributed by atoms with Crippen molar-refractivity contribution in [1.82, 2.24) is 10.2 Å². The highest BCUT2D eigenvalue weighted by molar-refractivity contribution is 5.34. The molecule has 0 saturated carbocycles. The first-order chi connectivity index (χ1) is 6.79. The molecular formula is C8H11N3O3. The summed E-state index contributed by atoms with van der Waals surface area (Å²) in [6.45, 7) is 1.34. The Morgan fingerprint density at radius 2 is 2.29 bits per heavy atom. The lowest BCUT2D eigenvalue weighted by Gasteiger charge is -2.19. The van der Waals surface area contributed by atoms with Gasteiger partial charge < -0.3 is 4.74 Å². The largest absolute Gasteiger partial charge is 0.381 e. The Bertz CT molecular complexity index is 330. The molecule has 0 unspecified atom stereocenters. The molecule has 0 aromatic carbocycles. The predicted octanol–water partition coefficient (Wildman–Crippen LogP) is 1.21. The fraction of sp³-hybridized carbons (Fsp3) is 0.625. The van der Waals surface area contributed by atoms with Crippen LogP contribution >= 0.6 is 0 Å². The average molecular weight is 197 g/mol. The molecule has 0 aliphatic carbocycles. The highest BCUT2D eigenvalue weighted by atomic mass is 16.6. The lowest BCUT2D eigenvalue weighted by atomic mass is 9.96. The van der Waals surface area contributed by atoms with Gasteiger partial charge in [0.2, 0.25) is 0 Å². The molecule has 14 heavy (non-hydrogen) atoms. The topological polar surface area (TPSA) is 81.0 Å². The summed E-state index contributed by atoms with van der Waals surface area (Å²) in [6.07, 6.45) is 2.91. The second kappa shape index (κ2) is 3.75. The molecule has 1 aliphatic rings. The summed E-state index contributed by atoms with van der Waals surface area (Å²) >= 11 is 0. The molecule has 6 nitrogen and oxygen atoms in total. The van der Waals surface area contributed by atoms with Crippen molar-refractivity contribution in [1.29, 1.82) is 0 Å². The highest BCUT2D eigenvalue weighted by Crippen LogP contribution is 2.31. The third-order valence-corrected chi connectivity index (χ3v) is 2.47. The number of hydrogen-bond acceptors (Lipinski definition) is 4. The molecule has 1 aliphatic heterocycles. The van der Waals surface area contributed by atoms with Crippen molar-refractivity contribution in [3.05, 3.63) is 22.0 Å². The molecule has 0 atom stereocenters. The third-order valence-electron chi connectivity index (χ3n) is 2.47. The van der Waals surface area contributed by atoms with Crippen molar-refractivity contribution in [3.8, 4) is 0 Å². The van der Waals surface area contributed by atoms with E-state index in [1.807, 2.05) is 0 Å². The number of rotatable bonds is 2. The van der Waals surface area contributed by atoms with Crippen LogP contribution in [0.5, 0.6) is 0 Å². The van der Waals surface area contributed by atoms with Crippen molar-refractivity contribution < 1.29 is 9.66 Å². The van der Waals surface area contributed by atoms with Gasteiger partial charge in [-0.15, -0.1) is 0 Å². The molecule has 1 N–H and O–H groups in total. The predicted molar refractivity (Wildman–Crippen MR) is 48.0 cm³/mol. The minimum atomic E-state index is -0.395. The minimum absolute atomic E-state index is 0.0944. The van der Waals surface area contributed by atoms with Gasteiger partial charge in [0.1, 0.15) is 11.9 Å². The van der Waals surface area contributed by atoms with E-state index in [0.29, 0.717) is 18.9 Å². The van der Waals surface area contributed by atoms with Crippen LogP contribution in [-0.4, -0.2) is 28.3 Å². The van der Waals surface area contributed by atoms with E-state index in [2.05, 4.69) is 10.2 Å². The number of aromatic nitrogens is 2. The zero-order chi connectivity index (χ0) is 9.97. The van der Waals surface area contributed by atoms with Gasteiger partial charge in [0, 0.05) is 19.1 Å². The molecule has 1 fully saturated rings. The van der Waals surface area contributed by atoms with Crippen LogP contribution in [0.15, 0.2) is 6.20 Å². The molecule has 0 bridgehead atoms. The van der Waals surface area contributed by atoms with Crippen molar-refractivity contribution in [2.45, 2.75) is 18.8 Å². The first-order valence-electron chi connectivity index (χ1n) is 4.54. The zero-order valence-electron chi connectivity index (χ0n) is 7.60. The monoisotopic (exact) mass is 197 g/mol. The van der Waals surface area contributed by atoms with E-state index < -0.39 is 4.92 Å². The lowest BCUT2D eigenvalue weighted by molar-refractivity contribution is -0.385. The van der Waals surface area contributed by atoms with Crippen molar-refractivity contribution in [2.24, 2.45) is 0 Å². The second-order valence-corrected chi connectivity index (χ2v) is 3.31. The maximum atomic E-state index is 10.6. The van der Waals surface area contributed by atoms with Crippen LogP contribution in [0.25, 0.3) is 0 Å². The molecule has 1 saturated heterocycles. The fourth-order valence-corrected chi connectivity index (χ4v) is 1.72. The quantitative estimate of drug-likeness (QED) is 0.570. The highest BCUT2D eigenvalue weighted by Gasteiger charge is 2.26. The third kappa shape index (κ3) is 1.60. The van der Waals surface area contributed by atoms with E-state index in [9.17, 15) is 10.1 Å². The van der Waals surface area contributed by atoms with Crippen LogP contribution in [0, 0.1) is 10.1 Å². The van der Waals surface area contributed by atoms with Gasteiger partial charge in [-0.05, 0) is 12.8 Å². The van der Waals surface area contributed by atoms with E-state index in [-0.39, 0.29) is 11.6 Å². The van der Waals surface area contributed by atoms with E-state index in [1.54, 1.807) is 0 Å². The molecule has 2 heterocycles. The molecule has 0 spiro atoms. The Morgan fingerprint density at radius 3 is 2.93 bits per heavy atom. The molecule has 1 aromatic rings. The Labute approximate surface area is 80.4 Å². The van der Waals surface area contributed by atoms with Crippen LogP contribution in [-0.2, 0) is 4.74 Å². The number of ether oxygens (including phenoxy) is 1. The van der Waals surface area contributed by atoms with Gasteiger partial charge in [0.05, 0.1) is 4.92 Å². The number of H-pyrrole nitrogens is 1. The molecule has 2 rings (SSSR count). The lowest BCUT2D eigenvalue weighted by Crippen LogP contribution is -2.15. The Balaban J connectivity index is 2.21. The van der Waals surface area contributed by atoms with Gasteiger partial charge in [-0.2, -0.15) is 5.10 Å². The summed E-state index contributed by atoms with van der Waals surface area (Å²) < 4.78 is 5.19. The van der Waals surface area contributed by atoms with Gasteiger partial charge >= 0.3 is 5.69 Å². The SMILES string of the molecule is O=[N+]([O-])c1cn[nH]c1C1CCOCC1. The van der Waals surface area contributed by atoms with E-state index >= 15 is 0 Å². The van der Waals surface area contributed by atoms with Gasteiger partial charge in [-0.1, -0.05) is 0 Å². The summed E-state index contributed by atoms with van der Waals surface area (Å²) in [5, 5.41) is 17.1. The normalized spacial score (nSPS) is 18.3. The van der Waals surface area contributed by atoms with E-state index in [0.717, 1.165) is 12.8 Å². The van der Waals surface area contributed by atoms with E-state index in [1.165, 1.54) is 6.20 Å². The smallest absolute Gasteiger partial charge is 0.310 e.